The zero-order valence-corrected chi connectivity index (χ0v) is 25.0. The number of ether oxygens (including phenoxy) is 1. The highest BCUT2D eigenvalue weighted by molar-refractivity contribution is 6.05. The highest BCUT2D eigenvalue weighted by Crippen LogP contribution is 2.75. The summed E-state index contributed by atoms with van der Waals surface area (Å²) in [7, 11) is 0. The second kappa shape index (κ2) is 8.15. The van der Waals surface area contributed by atoms with Crippen molar-refractivity contribution < 1.29 is 24.2 Å². The highest BCUT2D eigenvalue weighted by atomic mass is 16.5. The van der Waals surface area contributed by atoms with Crippen LogP contribution in [-0.4, -0.2) is 34.9 Å². The van der Waals surface area contributed by atoms with Crippen molar-refractivity contribution in [2.75, 3.05) is 6.61 Å². The molecule has 5 aliphatic rings. The number of Topliss-reactive ketones (excluding diaryl/α,β-unsaturated/α-hetero) is 1. The standard InChI is InChI=1S/C33H45NO5/c1-9-39-26(37)32-14-12-27(2,3)18-23(32)33(38)24(35)16-22-29(6)17-20(19-34)25(36)28(4,5)21(29)10-11-30(22,7)31(33,8)13-15-32/h16-17,21,23,38H,9-15,18H2,1-8H3/t21-,23?,29-,30+,31-,32-,33+/m0/s1. The van der Waals surface area contributed by atoms with Crippen molar-refractivity contribution in [2.24, 2.45) is 44.3 Å². The van der Waals surface area contributed by atoms with Crippen LogP contribution in [-0.2, 0) is 19.1 Å². The van der Waals surface area contributed by atoms with E-state index in [0.29, 0.717) is 25.7 Å². The van der Waals surface area contributed by atoms with Crippen molar-refractivity contribution in [2.45, 2.75) is 106 Å². The average Bonchev–Trinajstić information content (AvgIpc) is 2.85. The quantitative estimate of drug-likeness (QED) is 0.443. The van der Waals surface area contributed by atoms with Gasteiger partial charge in [0.2, 0.25) is 0 Å². The molecule has 0 amide bonds. The fourth-order valence-corrected chi connectivity index (χ4v) is 10.3. The van der Waals surface area contributed by atoms with Gasteiger partial charge in [0, 0.05) is 22.2 Å². The Bertz CT molecular complexity index is 1270. The molecular formula is C33H45NO5. The Labute approximate surface area is 233 Å². The molecule has 1 N–H and O–H groups in total. The number of nitriles is 1. The Balaban J connectivity index is 1.74. The van der Waals surface area contributed by atoms with Gasteiger partial charge < -0.3 is 9.84 Å². The molecule has 0 bridgehead atoms. The van der Waals surface area contributed by atoms with E-state index >= 15 is 0 Å². The van der Waals surface area contributed by atoms with Crippen molar-refractivity contribution in [3.05, 3.63) is 23.3 Å². The van der Waals surface area contributed by atoms with Crippen molar-refractivity contribution in [1.29, 1.82) is 5.26 Å². The van der Waals surface area contributed by atoms with E-state index in [0.717, 1.165) is 24.8 Å². The summed E-state index contributed by atoms with van der Waals surface area (Å²) in [5.41, 5.74) is -4.44. The summed E-state index contributed by atoms with van der Waals surface area (Å²) in [6.07, 6.45) is 8.06. The van der Waals surface area contributed by atoms with E-state index in [9.17, 15) is 24.8 Å². The van der Waals surface area contributed by atoms with Gasteiger partial charge in [0.15, 0.2) is 11.6 Å². The summed E-state index contributed by atoms with van der Waals surface area (Å²) in [5, 5.41) is 22.8. The average molecular weight is 536 g/mol. The minimum Gasteiger partial charge on any atom is -0.466 e. The van der Waals surface area contributed by atoms with Gasteiger partial charge in [-0.25, -0.2) is 0 Å². The third kappa shape index (κ3) is 3.20. The van der Waals surface area contributed by atoms with Crippen LogP contribution in [0.4, 0.5) is 0 Å². The first kappa shape index (κ1) is 28.3. The Morgan fingerprint density at radius 1 is 1.03 bits per heavy atom. The van der Waals surface area contributed by atoms with Crippen molar-refractivity contribution in [1.82, 2.24) is 0 Å². The highest BCUT2D eigenvalue weighted by Gasteiger charge is 2.77. The molecule has 0 heterocycles. The Hall–Kier alpha value is -2.26. The third-order valence-corrected chi connectivity index (χ3v) is 12.7. The SMILES string of the molecule is CCOC(=O)[C@]12CCC(C)(C)CC1[C@@]1(O)C(=O)C=C3[C@@]4(C)C=C(C#N)C(=O)C(C)(C)[C@@H]4CC[C@@]3(C)[C@]1(C)CC2. The number of hydrogen-bond acceptors (Lipinski definition) is 6. The molecular weight excluding hydrogens is 490 g/mol. The number of esters is 1. The number of fused-ring (bicyclic) bond motifs is 7. The molecule has 5 aliphatic carbocycles. The van der Waals surface area contributed by atoms with Gasteiger partial charge in [0.25, 0.3) is 0 Å². The van der Waals surface area contributed by atoms with Gasteiger partial charge in [-0.1, -0.05) is 54.5 Å². The van der Waals surface area contributed by atoms with Crippen LogP contribution in [0.25, 0.3) is 0 Å². The van der Waals surface area contributed by atoms with E-state index in [2.05, 4.69) is 40.7 Å². The fourth-order valence-electron chi connectivity index (χ4n) is 10.3. The monoisotopic (exact) mass is 535 g/mol. The first-order valence-corrected chi connectivity index (χ1v) is 14.8. The summed E-state index contributed by atoms with van der Waals surface area (Å²) >= 11 is 0. The lowest BCUT2D eigenvalue weighted by molar-refractivity contribution is -0.248. The van der Waals surface area contributed by atoms with Crippen LogP contribution in [0, 0.1) is 55.7 Å². The third-order valence-electron chi connectivity index (χ3n) is 12.7. The van der Waals surface area contributed by atoms with E-state index in [1.165, 1.54) is 0 Å². The van der Waals surface area contributed by atoms with Gasteiger partial charge in [-0.15, -0.1) is 0 Å². The van der Waals surface area contributed by atoms with E-state index in [4.69, 9.17) is 4.74 Å². The number of rotatable bonds is 2. The molecule has 0 aromatic rings. The molecule has 0 saturated heterocycles. The molecule has 0 spiro atoms. The lowest BCUT2D eigenvalue weighted by Crippen LogP contribution is -2.75. The predicted octanol–water partition coefficient (Wildman–Crippen LogP) is 5.88. The molecule has 1 unspecified atom stereocenters. The van der Waals surface area contributed by atoms with Crippen LogP contribution in [0.2, 0.25) is 0 Å². The van der Waals surface area contributed by atoms with Crippen molar-refractivity contribution >= 4 is 17.5 Å². The molecule has 6 nitrogen and oxygen atoms in total. The van der Waals surface area contributed by atoms with E-state index < -0.39 is 38.6 Å². The van der Waals surface area contributed by atoms with Gasteiger partial charge in [0.05, 0.1) is 17.6 Å². The maximum atomic E-state index is 14.5. The van der Waals surface area contributed by atoms with Gasteiger partial charge >= 0.3 is 5.97 Å². The van der Waals surface area contributed by atoms with Gasteiger partial charge in [-0.2, -0.15) is 5.26 Å². The molecule has 212 valence electrons. The molecule has 3 saturated carbocycles. The number of ketones is 2. The number of carbonyl (C=O) groups is 3. The van der Waals surface area contributed by atoms with Crippen molar-refractivity contribution in [3.8, 4) is 6.07 Å². The first-order valence-electron chi connectivity index (χ1n) is 14.8. The molecule has 39 heavy (non-hydrogen) atoms. The van der Waals surface area contributed by atoms with Crippen LogP contribution in [0.3, 0.4) is 0 Å². The van der Waals surface area contributed by atoms with Crippen LogP contribution in [0.5, 0.6) is 0 Å². The maximum Gasteiger partial charge on any atom is 0.312 e. The van der Waals surface area contributed by atoms with Crippen LogP contribution in [0.15, 0.2) is 23.3 Å². The number of carbonyl (C=O) groups excluding carboxylic acids is 3. The normalized spacial score (nSPS) is 45.8. The predicted molar refractivity (Wildman–Crippen MR) is 147 cm³/mol. The first-order chi connectivity index (χ1) is 17.9. The molecule has 0 aliphatic heterocycles. The van der Waals surface area contributed by atoms with Crippen LogP contribution in [0.1, 0.15) is 100 Å². The smallest absolute Gasteiger partial charge is 0.312 e. The van der Waals surface area contributed by atoms with Crippen LogP contribution >= 0.6 is 0 Å². The summed E-state index contributed by atoms with van der Waals surface area (Å²) in [6.45, 7) is 16.5. The lowest BCUT2D eigenvalue weighted by atomic mass is 9.33. The minimum absolute atomic E-state index is 0.0626. The summed E-state index contributed by atoms with van der Waals surface area (Å²) in [6, 6.07) is 2.13. The lowest BCUT2D eigenvalue weighted by Gasteiger charge is -2.71. The number of aliphatic hydroxyl groups is 1. The molecule has 3 fully saturated rings. The zero-order chi connectivity index (χ0) is 29.0. The molecule has 0 radical (unpaired) electrons. The largest absolute Gasteiger partial charge is 0.466 e. The Morgan fingerprint density at radius 2 is 1.67 bits per heavy atom. The summed E-state index contributed by atoms with van der Waals surface area (Å²) < 4.78 is 5.63. The van der Waals surface area contributed by atoms with Gasteiger partial charge in [-0.05, 0) is 80.3 Å². The van der Waals surface area contributed by atoms with Gasteiger partial charge in [-0.3, -0.25) is 14.4 Å². The Kier molecular flexibility index (Phi) is 5.91. The number of hydrogen-bond donors (Lipinski definition) is 1. The second-order valence-electron chi connectivity index (χ2n) is 15.2. The maximum absolute atomic E-state index is 14.5. The van der Waals surface area contributed by atoms with Gasteiger partial charge in [0.1, 0.15) is 11.7 Å². The molecule has 0 aromatic heterocycles. The minimum atomic E-state index is -1.72. The molecule has 7 atom stereocenters. The van der Waals surface area contributed by atoms with E-state index in [1.807, 2.05) is 19.9 Å². The summed E-state index contributed by atoms with van der Waals surface area (Å²) in [5.74, 6) is -1.36. The molecule has 6 heteroatoms. The van der Waals surface area contributed by atoms with Crippen molar-refractivity contribution in [3.63, 3.8) is 0 Å². The number of allylic oxidation sites excluding steroid dienone is 3. The van der Waals surface area contributed by atoms with E-state index in [-0.39, 0.29) is 41.0 Å². The summed E-state index contributed by atoms with van der Waals surface area (Å²) in [4.78, 5) is 41.4. The fraction of sp³-hybridized carbons (Fsp3) is 0.758. The zero-order valence-electron chi connectivity index (χ0n) is 25.0. The molecule has 0 aromatic carbocycles. The second-order valence-corrected chi connectivity index (χ2v) is 15.2. The number of nitrogens with zero attached hydrogens (tertiary/aromatic N) is 1. The van der Waals surface area contributed by atoms with E-state index in [1.54, 1.807) is 13.0 Å². The van der Waals surface area contributed by atoms with Crippen LogP contribution < -0.4 is 0 Å². The molecule has 5 rings (SSSR count). The topological polar surface area (TPSA) is 104 Å². The Morgan fingerprint density at radius 3 is 2.28 bits per heavy atom.